The van der Waals surface area contributed by atoms with Crippen molar-refractivity contribution >= 4 is 11.3 Å². The second-order valence-electron chi connectivity index (χ2n) is 4.24. The second kappa shape index (κ2) is 3.68. The van der Waals surface area contributed by atoms with E-state index in [1.54, 1.807) is 18.3 Å². The van der Waals surface area contributed by atoms with E-state index in [0.717, 1.165) is 17.1 Å². The molecule has 2 atom stereocenters. The van der Waals surface area contributed by atoms with E-state index in [1.807, 2.05) is 5.38 Å². The number of aliphatic hydroxyl groups is 1. The predicted molar refractivity (Wildman–Crippen MR) is 64.7 cm³/mol. The summed E-state index contributed by atoms with van der Waals surface area (Å²) >= 11 is 1.65. The molecule has 0 amide bonds. The lowest BCUT2D eigenvalue weighted by Crippen LogP contribution is -2.17. The Kier molecular flexibility index (Phi) is 2.30. The molecule has 0 bridgehead atoms. The van der Waals surface area contributed by atoms with Crippen molar-refractivity contribution in [2.75, 3.05) is 0 Å². The van der Waals surface area contributed by atoms with Gasteiger partial charge in [0.05, 0.1) is 11.8 Å². The molecular weight excluding hydrogens is 218 g/mol. The zero-order valence-corrected chi connectivity index (χ0v) is 9.87. The summed E-state index contributed by atoms with van der Waals surface area (Å²) in [5.41, 5.74) is 3.62. The Labute approximate surface area is 98.6 Å². The molecule has 82 valence electrons. The number of benzene rings is 1. The maximum Gasteiger partial charge on any atom is 0.101 e. The Morgan fingerprint density at radius 1 is 1.44 bits per heavy atom. The summed E-state index contributed by atoms with van der Waals surface area (Å²) in [7, 11) is 0. The molecule has 1 heterocycles. The van der Waals surface area contributed by atoms with Crippen molar-refractivity contribution in [1.29, 1.82) is 0 Å². The van der Waals surface area contributed by atoms with Crippen molar-refractivity contribution in [3.8, 4) is 0 Å². The molecule has 1 aliphatic carbocycles. The lowest BCUT2D eigenvalue weighted by atomic mass is 9.78. The second-order valence-corrected chi connectivity index (χ2v) is 5.13. The number of rotatable bonds is 2. The van der Waals surface area contributed by atoms with Gasteiger partial charge in [-0.3, -0.25) is 0 Å². The summed E-state index contributed by atoms with van der Waals surface area (Å²) in [5.74, 6) is 0.452. The van der Waals surface area contributed by atoms with Gasteiger partial charge in [0.2, 0.25) is 0 Å². The number of thiazole rings is 1. The number of fused-ring (bicyclic) bond motifs is 1. The molecule has 3 rings (SSSR count). The van der Waals surface area contributed by atoms with Crippen LogP contribution in [0.3, 0.4) is 0 Å². The maximum absolute atomic E-state index is 9.45. The van der Waals surface area contributed by atoms with Crippen molar-refractivity contribution in [3.05, 3.63) is 51.5 Å². The molecule has 1 aliphatic rings. The highest BCUT2D eigenvalue weighted by Gasteiger charge is 2.29. The third-order valence-corrected chi connectivity index (χ3v) is 4.10. The zero-order chi connectivity index (χ0) is 11.1. The van der Waals surface area contributed by atoms with Gasteiger partial charge >= 0.3 is 0 Å². The molecule has 1 N–H and O–H groups in total. The molecule has 0 saturated heterocycles. The summed E-state index contributed by atoms with van der Waals surface area (Å²) in [5, 5.41) is 12.5. The van der Waals surface area contributed by atoms with Gasteiger partial charge in [0.15, 0.2) is 0 Å². The molecule has 2 unspecified atom stereocenters. The topological polar surface area (TPSA) is 33.1 Å². The predicted octanol–water partition coefficient (Wildman–Crippen LogP) is 2.88. The monoisotopic (exact) mass is 231 g/mol. The Morgan fingerprint density at radius 3 is 2.94 bits per heavy atom. The first-order chi connectivity index (χ1) is 7.75. The van der Waals surface area contributed by atoms with E-state index in [1.165, 1.54) is 11.1 Å². The van der Waals surface area contributed by atoms with Crippen molar-refractivity contribution < 1.29 is 5.11 Å². The van der Waals surface area contributed by atoms with Crippen LogP contribution in [0, 0.1) is 0 Å². The number of aromatic nitrogens is 1. The molecule has 1 aromatic heterocycles. The van der Waals surface area contributed by atoms with Gasteiger partial charge in [0.25, 0.3) is 0 Å². The lowest BCUT2D eigenvalue weighted by molar-refractivity contribution is 0.195. The first-order valence-electron chi connectivity index (χ1n) is 5.47. The molecular formula is C13H13NOS. The maximum atomic E-state index is 9.45. The molecule has 2 nitrogen and oxygen atoms in total. The van der Waals surface area contributed by atoms with Gasteiger partial charge < -0.3 is 5.11 Å². The van der Waals surface area contributed by atoms with E-state index in [2.05, 4.69) is 29.2 Å². The fraction of sp³-hybridized carbons (Fsp3) is 0.308. The fourth-order valence-corrected chi connectivity index (χ4v) is 3.16. The third-order valence-electron chi connectivity index (χ3n) is 3.12. The zero-order valence-electron chi connectivity index (χ0n) is 9.05. The number of hydrogen-bond donors (Lipinski definition) is 1. The molecule has 0 aliphatic heterocycles. The fourth-order valence-electron chi connectivity index (χ4n) is 2.13. The van der Waals surface area contributed by atoms with Gasteiger partial charge in [0.1, 0.15) is 5.01 Å². The van der Waals surface area contributed by atoms with Gasteiger partial charge in [-0.2, -0.15) is 0 Å². The van der Waals surface area contributed by atoms with Crippen LogP contribution >= 0.6 is 11.3 Å². The Bertz CT molecular complexity index is 518. The van der Waals surface area contributed by atoms with Gasteiger partial charge in [-0.25, -0.2) is 4.98 Å². The molecule has 16 heavy (non-hydrogen) atoms. The molecule has 0 saturated carbocycles. The minimum atomic E-state index is -0.458. The molecule has 1 aromatic carbocycles. The highest BCUT2D eigenvalue weighted by atomic mass is 32.1. The SMILES string of the molecule is CC(O)c1csc(C2Cc3ccccc32)n1. The third kappa shape index (κ3) is 1.47. The minimum absolute atomic E-state index is 0.452. The highest BCUT2D eigenvalue weighted by molar-refractivity contribution is 7.09. The summed E-state index contributed by atoms with van der Waals surface area (Å²) in [4.78, 5) is 4.50. The molecule has 0 fully saturated rings. The van der Waals surface area contributed by atoms with E-state index in [9.17, 15) is 5.11 Å². The molecule has 2 aromatic rings. The standard InChI is InChI=1S/C13H13NOS/c1-8(15)12-7-16-13(14-12)11-6-9-4-2-3-5-10(9)11/h2-5,7-8,11,15H,6H2,1H3. The molecule has 0 spiro atoms. The number of aliphatic hydroxyl groups excluding tert-OH is 1. The average molecular weight is 231 g/mol. The summed E-state index contributed by atoms with van der Waals surface area (Å²) < 4.78 is 0. The Hall–Kier alpha value is -1.19. The minimum Gasteiger partial charge on any atom is -0.387 e. The molecule has 3 heteroatoms. The van der Waals surface area contributed by atoms with Crippen LogP contribution in [-0.2, 0) is 6.42 Å². The van der Waals surface area contributed by atoms with Crippen LogP contribution in [0.1, 0.15) is 40.8 Å². The average Bonchev–Trinajstić information content (AvgIpc) is 2.69. The van der Waals surface area contributed by atoms with Crippen LogP contribution in [0.25, 0.3) is 0 Å². The smallest absolute Gasteiger partial charge is 0.101 e. The van der Waals surface area contributed by atoms with E-state index in [0.29, 0.717) is 5.92 Å². The Balaban J connectivity index is 1.91. The van der Waals surface area contributed by atoms with Crippen LogP contribution in [0.2, 0.25) is 0 Å². The normalized spacial score (nSPS) is 20.0. The molecule has 0 radical (unpaired) electrons. The van der Waals surface area contributed by atoms with Crippen molar-refractivity contribution in [2.45, 2.75) is 25.4 Å². The van der Waals surface area contributed by atoms with Crippen LogP contribution in [-0.4, -0.2) is 10.1 Å². The van der Waals surface area contributed by atoms with Gasteiger partial charge in [-0.05, 0) is 24.5 Å². The first-order valence-corrected chi connectivity index (χ1v) is 6.35. The van der Waals surface area contributed by atoms with Gasteiger partial charge in [-0.15, -0.1) is 11.3 Å². The largest absolute Gasteiger partial charge is 0.387 e. The Morgan fingerprint density at radius 2 is 2.25 bits per heavy atom. The first kappa shape index (κ1) is 10.00. The van der Waals surface area contributed by atoms with E-state index < -0.39 is 6.10 Å². The van der Waals surface area contributed by atoms with E-state index >= 15 is 0 Å². The van der Waals surface area contributed by atoms with Crippen LogP contribution in [0.4, 0.5) is 0 Å². The quantitative estimate of drug-likeness (QED) is 0.862. The van der Waals surface area contributed by atoms with Crippen LogP contribution < -0.4 is 0 Å². The van der Waals surface area contributed by atoms with Gasteiger partial charge in [0, 0.05) is 11.3 Å². The van der Waals surface area contributed by atoms with Crippen LogP contribution in [0.5, 0.6) is 0 Å². The van der Waals surface area contributed by atoms with Crippen molar-refractivity contribution in [2.24, 2.45) is 0 Å². The number of nitrogens with zero attached hydrogens (tertiary/aromatic N) is 1. The summed E-state index contributed by atoms with van der Waals surface area (Å²) in [6.07, 6.45) is 0.628. The van der Waals surface area contributed by atoms with Crippen molar-refractivity contribution in [3.63, 3.8) is 0 Å². The van der Waals surface area contributed by atoms with E-state index in [-0.39, 0.29) is 0 Å². The van der Waals surface area contributed by atoms with Gasteiger partial charge in [-0.1, -0.05) is 24.3 Å². The van der Waals surface area contributed by atoms with E-state index in [4.69, 9.17) is 0 Å². The highest BCUT2D eigenvalue weighted by Crippen LogP contribution is 2.41. The van der Waals surface area contributed by atoms with Crippen LogP contribution in [0.15, 0.2) is 29.6 Å². The summed E-state index contributed by atoms with van der Waals surface area (Å²) in [6, 6.07) is 8.51. The van der Waals surface area contributed by atoms with Crippen molar-refractivity contribution in [1.82, 2.24) is 4.98 Å². The number of hydrogen-bond acceptors (Lipinski definition) is 3. The lowest BCUT2D eigenvalue weighted by Gasteiger charge is -2.28. The summed E-state index contributed by atoms with van der Waals surface area (Å²) in [6.45, 7) is 1.76.